The molecule has 3 heterocycles. The molecule has 0 aliphatic carbocycles. The van der Waals surface area contributed by atoms with Crippen molar-refractivity contribution in [3.63, 3.8) is 0 Å². The Morgan fingerprint density at radius 2 is 2.47 bits per heavy atom. The van der Waals surface area contributed by atoms with E-state index in [0.29, 0.717) is 5.92 Å². The molecule has 6 heteroatoms. The Morgan fingerprint density at radius 3 is 3.21 bits per heavy atom. The van der Waals surface area contributed by atoms with E-state index in [4.69, 9.17) is 5.73 Å². The summed E-state index contributed by atoms with van der Waals surface area (Å²) < 4.78 is 1.59. The lowest BCUT2D eigenvalue weighted by Crippen LogP contribution is -2.30. The molecule has 2 aromatic rings. The molecule has 1 fully saturated rings. The highest BCUT2D eigenvalue weighted by atomic mass is 32.1. The monoisotopic (exact) mass is 278 g/mol. The topological polar surface area (TPSA) is 63.6 Å². The molecule has 102 valence electrons. The number of nitrogens with zero attached hydrogens (tertiary/aromatic N) is 3. The molecule has 0 spiro atoms. The third-order valence-electron chi connectivity index (χ3n) is 3.79. The molecule has 0 bridgehead atoms. The van der Waals surface area contributed by atoms with E-state index in [1.807, 2.05) is 5.38 Å². The van der Waals surface area contributed by atoms with Crippen LogP contribution in [0, 0.1) is 5.92 Å². The molecule has 2 unspecified atom stereocenters. The second-order valence-corrected chi connectivity index (χ2v) is 6.16. The van der Waals surface area contributed by atoms with Gasteiger partial charge in [0.15, 0.2) is 4.96 Å². The fraction of sp³-hybridized carbons (Fsp3) is 0.538. The Morgan fingerprint density at radius 1 is 1.63 bits per heavy atom. The van der Waals surface area contributed by atoms with Crippen molar-refractivity contribution in [1.82, 2.24) is 14.3 Å². The smallest absolute Gasteiger partial charge is 0.258 e. The van der Waals surface area contributed by atoms with Crippen LogP contribution in [-0.4, -0.2) is 33.4 Å². The Balaban J connectivity index is 1.77. The highest BCUT2D eigenvalue weighted by Gasteiger charge is 2.25. The SMILES string of the molecule is CC(N)C1CCN(Cc2cc(=O)n3ccsc3n2)C1. The van der Waals surface area contributed by atoms with Crippen molar-refractivity contribution in [2.24, 2.45) is 11.7 Å². The van der Waals surface area contributed by atoms with Crippen LogP contribution < -0.4 is 11.3 Å². The number of rotatable bonds is 3. The zero-order chi connectivity index (χ0) is 13.4. The van der Waals surface area contributed by atoms with Gasteiger partial charge in [0, 0.05) is 36.8 Å². The van der Waals surface area contributed by atoms with Gasteiger partial charge in [-0.1, -0.05) is 0 Å². The van der Waals surface area contributed by atoms with E-state index in [0.717, 1.165) is 36.7 Å². The Kier molecular flexibility index (Phi) is 3.38. The second-order valence-electron chi connectivity index (χ2n) is 5.28. The fourth-order valence-corrected chi connectivity index (χ4v) is 3.37. The normalized spacial score (nSPS) is 22.1. The van der Waals surface area contributed by atoms with Gasteiger partial charge in [0.2, 0.25) is 0 Å². The lowest BCUT2D eigenvalue weighted by molar-refractivity contribution is 0.305. The van der Waals surface area contributed by atoms with Crippen LogP contribution in [0.3, 0.4) is 0 Å². The molecule has 0 aromatic carbocycles. The van der Waals surface area contributed by atoms with Crippen molar-refractivity contribution in [3.05, 3.63) is 33.7 Å². The van der Waals surface area contributed by atoms with Crippen LogP contribution >= 0.6 is 11.3 Å². The summed E-state index contributed by atoms with van der Waals surface area (Å²) in [7, 11) is 0. The van der Waals surface area contributed by atoms with Crippen LogP contribution in [0.1, 0.15) is 19.0 Å². The number of aromatic nitrogens is 2. The number of thiazole rings is 1. The van der Waals surface area contributed by atoms with Gasteiger partial charge in [-0.05, 0) is 25.8 Å². The Labute approximate surface area is 115 Å². The fourth-order valence-electron chi connectivity index (χ4n) is 2.63. The van der Waals surface area contributed by atoms with E-state index in [1.54, 1.807) is 16.7 Å². The molecular weight excluding hydrogens is 260 g/mol. The highest BCUT2D eigenvalue weighted by Crippen LogP contribution is 2.20. The van der Waals surface area contributed by atoms with Crippen LogP contribution in [0.4, 0.5) is 0 Å². The largest absolute Gasteiger partial charge is 0.328 e. The molecule has 0 saturated carbocycles. The van der Waals surface area contributed by atoms with E-state index in [2.05, 4.69) is 16.8 Å². The van der Waals surface area contributed by atoms with Crippen LogP contribution in [0.15, 0.2) is 22.4 Å². The van der Waals surface area contributed by atoms with E-state index >= 15 is 0 Å². The number of fused-ring (bicyclic) bond motifs is 1. The summed E-state index contributed by atoms with van der Waals surface area (Å²) in [4.78, 5) is 19.5. The summed E-state index contributed by atoms with van der Waals surface area (Å²) in [6, 6.07) is 1.88. The molecule has 0 amide bonds. The van der Waals surface area contributed by atoms with E-state index < -0.39 is 0 Å². The lowest BCUT2D eigenvalue weighted by Gasteiger charge is -2.17. The second kappa shape index (κ2) is 5.03. The minimum Gasteiger partial charge on any atom is -0.328 e. The first-order valence-corrected chi connectivity index (χ1v) is 7.45. The van der Waals surface area contributed by atoms with E-state index in [1.165, 1.54) is 11.3 Å². The van der Waals surface area contributed by atoms with Crippen molar-refractivity contribution in [2.45, 2.75) is 25.9 Å². The minimum absolute atomic E-state index is 0.00388. The van der Waals surface area contributed by atoms with Gasteiger partial charge >= 0.3 is 0 Å². The van der Waals surface area contributed by atoms with Gasteiger partial charge in [-0.25, -0.2) is 4.98 Å². The van der Waals surface area contributed by atoms with Crippen molar-refractivity contribution in [1.29, 1.82) is 0 Å². The van der Waals surface area contributed by atoms with Crippen molar-refractivity contribution >= 4 is 16.3 Å². The van der Waals surface area contributed by atoms with Crippen LogP contribution in [0.25, 0.3) is 4.96 Å². The van der Waals surface area contributed by atoms with E-state index in [-0.39, 0.29) is 11.6 Å². The zero-order valence-electron chi connectivity index (χ0n) is 11.0. The summed E-state index contributed by atoms with van der Waals surface area (Å²) in [5.74, 6) is 0.562. The third-order valence-corrected chi connectivity index (χ3v) is 4.55. The molecular formula is C13H18N4OS. The highest BCUT2D eigenvalue weighted by molar-refractivity contribution is 7.15. The molecule has 0 radical (unpaired) electrons. The average Bonchev–Trinajstić information content (AvgIpc) is 2.97. The van der Waals surface area contributed by atoms with Crippen LogP contribution in [0.2, 0.25) is 0 Å². The van der Waals surface area contributed by atoms with Gasteiger partial charge < -0.3 is 5.73 Å². The van der Waals surface area contributed by atoms with Gasteiger partial charge in [-0.15, -0.1) is 11.3 Å². The summed E-state index contributed by atoms with van der Waals surface area (Å²) in [5, 5.41) is 1.88. The predicted octanol–water partition coefficient (Wildman–Crippen LogP) is 0.925. The molecule has 5 nitrogen and oxygen atoms in total. The maximum Gasteiger partial charge on any atom is 0.258 e. The summed E-state index contributed by atoms with van der Waals surface area (Å²) in [6.45, 7) is 4.85. The van der Waals surface area contributed by atoms with Gasteiger partial charge in [-0.2, -0.15) is 0 Å². The van der Waals surface area contributed by atoms with Gasteiger partial charge in [0.05, 0.1) is 5.69 Å². The van der Waals surface area contributed by atoms with Crippen LogP contribution in [-0.2, 0) is 6.54 Å². The first-order chi connectivity index (χ1) is 9.13. The molecule has 1 aliphatic heterocycles. The minimum atomic E-state index is 0.00388. The van der Waals surface area contributed by atoms with Crippen molar-refractivity contribution in [2.75, 3.05) is 13.1 Å². The molecule has 3 rings (SSSR count). The van der Waals surface area contributed by atoms with E-state index in [9.17, 15) is 4.79 Å². The van der Waals surface area contributed by atoms with Gasteiger partial charge in [0.25, 0.3) is 5.56 Å². The number of nitrogens with two attached hydrogens (primary N) is 1. The maximum atomic E-state index is 11.9. The maximum absolute atomic E-state index is 11.9. The van der Waals surface area contributed by atoms with Crippen LogP contribution in [0.5, 0.6) is 0 Å². The number of hydrogen-bond acceptors (Lipinski definition) is 5. The molecule has 2 N–H and O–H groups in total. The third kappa shape index (κ3) is 2.56. The first kappa shape index (κ1) is 12.8. The first-order valence-electron chi connectivity index (χ1n) is 6.57. The molecule has 1 saturated heterocycles. The van der Waals surface area contributed by atoms with Crippen molar-refractivity contribution < 1.29 is 0 Å². The molecule has 19 heavy (non-hydrogen) atoms. The summed E-state index contributed by atoms with van der Waals surface area (Å²) in [5.41, 5.74) is 6.81. The quantitative estimate of drug-likeness (QED) is 0.907. The molecule has 1 aliphatic rings. The van der Waals surface area contributed by atoms with Gasteiger partial charge in [0.1, 0.15) is 0 Å². The predicted molar refractivity (Wildman–Crippen MR) is 76.4 cm³/mol. The van der Waals surface area contributed by atoms with Crippen molar-refractivity contribution in [3.8, 4) is 0 Å². The average molecular weight is 278 g/mol. The Hall–Kier alpha value is -1.24. The van der Waals surface area contributed by atoms with Gasteiger partial charge in [-0.3, -0.25) is 14.1 Å². The standard InChI is InChI=1S/C13H18N4OS/c1-9(14)10-2-3-16(7-10)8-11-6-12(18)17-4-5-19-13(17)15-11/h4-6,9-10H,2-3,7-8,14H2,1H3. The zero-order valence-corrected chi connectivity index (χ0v) is 11.8. The number of likely N-dealkylation sites (tertiary alicyclic amines) is 1. The summed E-state index contributed by atoms with van der Waals surface area (Å²) in [6.07, 6.45) is 2.90. The molecule has 2 atom stereocenters. The number of hydrogen-bond donors (Lipinski definition) is 1. The Bertz CT molecular complexity index is 633. The lowest BCUT2D eigenvalue weighted by atomic mass is 10.0. The summed E-state index contributed by atoms with van der Waals surface area (Å²) >= 11 is 1.49. The molecule has 2 aromatic heterocycles.